The van der Waals surface area contributed by atoms with Gasteiger partial charge in [0.2, 0.25) is 0 Å². The third-order valence-electron chi connectivity index (χ3n) is 11.1. The van der Waals surface area contributed by atoms with E-state index in [1.807, 2.05) is 72.8 Å². The largest absolute Gasteiger partial charge is 0.293 e. The Balaban J connectivity index is 1.19. The molecule has 2 aromatic heterocycles. The molecular formula is C52H34N6. The van der Waals surface area contributed by atoms with Crippen LogP contribution in [0.4, 0.5) is 34.4 Å². The Kier molecular flexibility index (Phi) is 8.63. The second-order valence-corrected chi connectivity index (χ2v) is 14.4. The molecule has 0 fully saturated rings. The summed E-state index contributed by atoms with van der Waals surface area (Å²) < 4.78 is 0. The minimum absolute atomic E-state index is 0.543. The SMILES string of the molecule is N#Cc1cc(C2=CC=CCC2)ccc1N(c1ccccn1)c1ccc2ccc3c(N(c4ccccn4)c4ccc(-c5ccccc5)cc4C#N)ccc4ccc1c2c43. The molecule has 0 atom stereocenters. The highest BCUT2D eigenvalue weighted by molar-refractivity contribution is 6.28. The predicted octanol–water partition coefficient (Wildman–Crippen LogP) is 13.5. The van der Waals surface area contributed by atoms with Crippen molar-refractivity contribution in [2.75, 3.05) is 9.80 Å². The molecule has 0 amide bonds. The highest BCUT2D eigenvalue weighted by Crippen LogP contribution is 2.48. The Hall–Kier alpha value is -8.06. The molecule has 6 nitrogen and oxygen atoms in total. The van der Waals surface area contributed by atoms with E-state index in [0.717, 1.165) is 84.6 Å². The number of anilines is 6. The highest BCUT2D eigenvalue weighted by atomic mass is 15.2. The van der Waals surface area contributed by atoms with Gasteiger partial charge in [0, 0.05) is 23.2 Å². The highest BCUT2D eigenvalue weighted by Gasteiger charge is 2.25. The van der Waals surface area contributed by atoms with Gasteiger partial charge in [0.15, 0.2) is 0 Å². The molecule has 6 heteroatoms. The van der Waals surface area contributed by atoms with Crippen LogP contribution in [0.3, 0.4) is 0 Å². The molecule has 0 aliphatic heterocycles. The van der Waals surface area contributed by atoms with Crippen LogP contribution in [0, 0.1) is 22.7 Å². The first-order valence-electron chi connectivity index (χ1n) is 19.3. The minimum Gasteiger partial charge on any atom is -0.293 e. The van der Waals surface area contributed by atoms with Crippen molar-refractivity contribution >= 4 is 72.3 Å². The summed E-state index contributed by atoms with van der Waals surface area (Å²) in [5, 5.41) is 27.7. The molecule has 0 radical (unpaired) electrons. The van der Waals surface area contributed by atoms with Gasteiger partial charge in [-0.1, -0.05) is 109 Å². The van der Waals surface area contributed by atoms with E-state index < -0.39 is 0 Å². The molecule has 9 aromatic rings. The molecule has 10 rings (SSSR count). The fourth-order valence-electron chi connectivity index (χ4n) is 8.38. The number of aromatic nitrogens is 2. The molecule has 2 heterocycles. The third-order valence-corrected chi connectivity index (χ3v) is 11.1. The van der Waals surface area contributed by atoms with Gasteiger partial charge in [0.25, 0.3) is 0 Å². The fraction of sp³-hybridized carbons (Fsp3) is 0.0385. The molecule has 0 bridgehead atoms. The molecule has 272 valence electrons. The van der Waals surface area contributed by atoms with Gasteiger partial charge in [-0.2, -0.15) is 10.5 Å². The van der Waals surface area contributed by atoms with Crippen LogP contribution in [0.25, 0.3) is 49.0 Å². The van der Waals surface area contributed by atoms with Crippen LogP contribution < -0.4 is 9.80 Å². The molecule has 0 unspecified atom stereocenters. The minimum atomic E-state index is 0.543. The lowest BCUT2D eigenvalue weighted by atomic mass is 9.91. The van der Waals surface area contributed by atoms with Gasteiger partial charge < -0.3 is 0 Å². The topological polar surface area (TPSA) is 79.8 Å². The van der Waals surface area contributed by atoms with E-state index in [1.54, 1.807) is 12.4 Å². The Morgan fingerprint density at radius 2 is 1.00 bits per heavy atom. The van der Waals surface area contributed by atoms with Crippen molar-refractivity contribution in [3.05, 3.63) is 199 Å². The van der Waals surface area contributed by atoms with Crippen LogP contribution in [0.5, 0.6) is 0 Å². The molecule has 0 spiro atoms. The molecule has 1 aliphatic carbocycles. The third kappa shape index (κ3) is 5.89. The number of nitriles is 2. The van der Waals surface area contributed by atoms with Crippen LogP contribution in [-0.2, 0) is 0 Å². The van der Waals surface area contributed by atoms with E-state index in [9.17, 15) is 10.5 Å². The van der Waals surface area contributed by atoms with Gasteiger partial charge in [-0.15, -0.1) is 0 Å². The maximum absolute atomic E-state index is 10.6. The number of pyridine rings is 2. The van der Waals surface area contributed by atoms with Crippen LogP contribution in [-0.4, -0.2) is 9.97 Å². The standard InChI is InChI=1S/C52H34N6/c53-33-41-31-39(35-11-3-1-4-12-35)21-25-45(41)57(49-15-7-9-29-55-49)47-27-19-37-18-24-44-48(28-20-38-17-23-43(47)51(37)52(38)44)58(50-16-8-10-30-56-50)46-26-22-40(32-42(46)34-54)36-13-5-2-6-14-36/h1-5,7-13,15-32H,6,14H2. The van der Waals surface area contributed by atoms with E-state index in [4.69, 9.17) is 9.97 Å². The number of rotatable bonds is 8. The number of benzene rings is 7. The predicted molar refractivity (Wildman–Crippen MR) is 236 cm³/mol. The first kappa shape index (κ1) is 34.4. The second kappa shape index (κ2) is 14.5. The van der Waals surface area contributed by atoms with Crippen LogP contribution in [0.1, 0.15) is 29.5 Å². The van der Waals surface area contributed by atoms with Crippen molar-refractivity contribution < 1.29 is 0 Å². The lowest BCUT2D eigenvalue weighted by molar-refractivity contribution is 1.05. The number of hydrogen-bond acceptors (Lipinski definition) is 6. The van der Waals surface area contributed by atoms with E-state index >= 15 is 0 Å². The Bertz CT molecular complexity index is 3140. The summed E-state index contributed by atoms with van der Waals surface area (Å²) >= 11 is 0. The van der Waals surface area contributed by atoms with Gasteiger partial charge in [0.05, 0.1) is 33.9 Å². The summed E-state index contributed by atoms with van der Waals surface area (Å²) in [7, 11) is 0. The van der Waals surface area contributed by atoms with E-state index in [1.165, 1.54) is 5.57 Å². The average molecular weight is 743 g/mol. The first-order valence-corrected chi connectivity index (χ1v) is 19.3. The number of nitrogens with zero attached hydrogens (tertiary/aromatic N) is 6. The summed E-state index contributed by atoms with van der Waals surface area (Å²) in [4.78, 5) is 13.9. The lowest BCUT2D eigenvalue weighted by Gasteiger charge is -2.29. The maximum Gasteiger partial charge on any atom is 0.137 e. The maximum atomic E-state index is 10.6. The molecule has 7 aromatic carbocycles. The van der Waals surface area contributed by atoms with Gasteiger partial charge in [-0.05, 0) is 117 Å². The van der Waals surface area contributed by atoms with E-state index in [-0.39, 0.29) is 0 Å². The smallest absolute Gasteiger partial charge is 0.137 e. The summed E-state index contributed by atoms with van der Waals surface area (Å²) in [6.07, 6.45) is 11.9. The van der Waals surface area contributed by atoms with Crippen molar-refractivity contribution in [1.82, 2.24) is 9.97 Å². The van der Waals surface area contributed by atoms with Crippen molar-refractivity contribution in [2.45, 2.75) is 12.8 Å². The fourth-order valence-corrected chi connectivity index (χ4v) is 8.38. The normalized spacial score (nSPS) is 12.3. The molecule has 1 aliphatic rings. The van der Waals surface area contributed by atoms with Crippen LogP contribution in [0.2, 0.25) is 0 Å². The zero-order valence-corrected chi connectivity index (χ0v) is 31.4. The van der Waals surface area contributed by atoms with Crippen molar-refractivity contribution in [3.8, 4) is 23.3 Å². The molecule has 0 saturated heterocycles. The Labute approximate surface area is 336 Å². The van der Waals surface area contributed by atoms with Gasteiger partial charge in [-0.3, -0.25) is 9.80 Å². The van der Waals surface area contributed by atoms with Crippen molar-refractivity contribution in [2.24, 2.45) is 0 Å². The van der Waals surface area contributed by atoms with Gasteiger partial charge in [-0.25, -0.2) is 9.97 Å². The monoisotopic (exact) mass is 742 g/mol. The molecular weight excluding hydrogens is 709 g/mol. The number of hydrogen-bond donors (Lipinski definition) is 0. The van der Waals surface area contributed by atoms with Gasteiger partial charge >= 0.3 is 0 Å². The lowest BCUT2D eigenvalue weighted by Crippen LogP contribution is -2.14. The average Bonchev–Trinajstić information content (AvgIpc) is 3.30. The Morgan fingerprint density at radius 3 is 1.52 bits per heavy atom. The zero-order chi connectivity index (χ0) is 39.0. The van der Waals surface area contributed by atoms with E-state index in [0.29, 0.717) is 22.8 Å². The van der Waals surface area contributed by atoms with E-state index in [2.05, 4.69) is 119 Å². The Morgan fingerprint density at radius 1 is 0.483 bits per heavy atom. The number of allylic oxidation sites excluding steroid dienone is 4. The summed E-state index contributed by atoms with van der Waals surface area (Å²) in [5.41, 5.74) is 8.74. The van der Waals surface area contributed by atoms with Crippen molar-refractivity contribution in [3.63, 3.8) is 0 Å². The molecule has 0 N–H and O–H groups in total. The van der Waals surface area contributed by atoms with Gasteiger partial charge in [0.1, 0.15) is 23.8 Å². The van der Waals surface area contributed by atoms with Crippen LogP contribution >= 0.6 is 0 Å². The first-order chi connectivity index (χ1) is 28.7. The summed E-state index contributed by atoms with van der Waals surface area (Å²) in [6.45, 7) is 0. The van der Waals surface area contributed by atoms with Crippen LogP contribution in [0.15, 0.2) is 182 Å². The van der Waals surface area contributed by atoms with Crippen molar-refractivity contribution in [1.29, 1.82) is 10.5 Å². The zero-order valence-electron chi connectivity index (χ0n) is 31.4. The molecule has 0 saturated carbocycles. The quantitative estimate of drug-likeness (QED) is 0.144. The summed E-state index contributed by atoms with van der Waals surface area (Å²) in [5.74, 6) is 1.42. The molecule has 58 heavy (non-hydrogen) atoms. The second-order valence-electron chi connectivity index (χ2n) is 14.4. The summed E-state index contributed by atoms with van der Waals surface area (Å²) in [6, 6.07) is 56.4.